The van der Waals surface area contributed by atoms with Gasteiger partial charge in [0.05, 0.1) is 12.8 Å². The summed E-state index contributed by atoms with van der Waals surface area (Å²) in [5.74, 6) is 1.04. The lowest BCUT2D eigenvalue weighted by atomic mass is 10.2. The molecule has 0 aliphatic rings. The highest BCUT2D eigenvalue weighted by molar-refractivity contribution is 5.93. The molecule has 2 aromatic rings. The molecule has 0 saturated carbocycles. The van der Waals surface area contributed by atoms with Gasteiger partial charge in [-0.3, -0.25) is 4.79 Å². The molecule has 1 unspecified atom stereocenters. The van der Waals surface area contributed by atoms with E-state index in [1.54, 1.807) is 13.2 Å². The number of methoxy groups -OCH3 is 1. The Balaban J connectivity index is 2.20. The van der Waals surface area contributed by atoms with E-state index in [1.165, 1.54) is 6.33 Å². The van der Waals surface area contributed by atoms with Gasteiger partial charge in [-0.15, -0.1) is 0 Å². The van der Waals surface area contributed by atoms with Gasteiger partial charge in [0.15, 0.2) is 0 Å². The molecule has 1 atom stereocenters. The van der Waals surface area contributed by atoms with Crippen LogP contribution < -0.4 is 15.4 Å². The van der Waals surface area contributed by atoms with Crippen molar-refractivity contribution < 1.29 is 9.53 Å². The molecule has 2 N–H and O–H groups in total. The van der Waals surface area contributed by atoms with Gasteiger partial charge in [0, 0.05) is 12.1 Å². The molecule has 6 heteroatoms. The number of carbonyl (C=O) groups is 1. The first-order chi connectivity index (χ1) is 11.0. The third-order valence-electron chi connectivity index (χ3n) is 3.51. The number of ether oxygens (including phenoxy) is 1. The molecule has 0 radical (unpaired) electrons. The third-order valence-corrected chi connectivity index (χ3v) is 3.51. The van der Waals surface area contributed by atoms with Crippen molar-refractivity contribution in [1.82, 2.24) is 15.3 Å². The summed E-state index contributed by atoms with van der Waals surface area (Å²) in [4.78, 5) is 20.3. The summed E-state index contributed by atoms with van der Waals surface area (Å²) in [5.41, 5.74) is 2.21. The van der Waals surface area contributed by atoms with E-state index in [-0.39, 0.29) is 11.9 Å². The molecule has 1 heterocycles. The summed E-state index contributed by atoms with van der Waals surface area (Å²) in [7, 11) is 1.61. The van der Waals surface area contributed by atoms with E-state index in [0.717, 1.165) is 17.7 Å². The van der Waals surface area contributed by atoms with Gasteiger partial charge in [0.25, 0.3) is 5.91 Å². The molecular formula is C17H22N4O2. The molecule has 2 rings (SSSR count). The molecule has 0 fully saturated rings. The smallest absolute Gasteiger partial charge is 0.270 e. The third kappa shape index (κ3) is 4.42. The lowest BCUT2D eigenvalue weighted by molar-refractivity contribution is 0.0934. The first-order valence-electron chi connectivity index (χ1n) is 7.58. The van der Waals surface area contributed by atoms with E-state index in [4.69, 9.17) is 4.74 Å². The van der Waals surface area contributed by atoms with Crippen LogP contribution in [-0.2, 0) is 0 Å². The second-order valence-electron chi connectivity index (χ2n) is 5.40. The summed E-state index contributed by atoms with van der Waals surface area (Å²) in [6, 6.07) is 7.54. The first-order valence-corrected chi connectivity index (χ1v) is 7.58. The maximum Gasteiger partial charge on any atom is 0.270 e. The molecule has 1 aromatic carbocycles. The lowest BCUT2D eigenvalue weighted by Crippen LogP contribution is -2.32. The minimum Gasteiger partial charge on any atom is -0.495 e. The maximum absolute atomic E-state index is 12.1. The number of nitrogens with one attached hydrogen (secondary N) is 2. The van der Waals surface area contributed by atoms with Gasteiger partial charge < -0.3 is 15.4 Å². The van der Waals surface area contributed by atoms with Crippen molar-refractivity contribution in [2.45, 2.75) is 33.2 Å². The normalized spacial score (nSPS) is 11.7. The largest absolute Gasteiger partial charge is 0.495 e. The number of amides is 1. The SMILES string of the molecule is CCC(C)NC(=O)c1cc(Nc2cc(C)ccc2OC)ncn1. The predicted molar refractivity (Wildman–Crippen MR) is 90.3 cm³/mol. The number of hydrogen-bond donors (Lipinski definition) is 2. The van der Waals surface area contributed by atoms with Gasteiger partial charge in [-0.2, -0.15) is 0 Å². The molecule has 122 valence electrons. The highest BCUT2D eigenvalue weighted by Crippen LogP contribution is 2.27. The highest BCUT2D eigenvalue weighted by atomic mass is 16.5. The van der Waals surface area contributed by atoms with Crippen molar-refractivity contribution in [2.24, 2.45) is 0 Å². The van der Waals surface area contributed by atoms with Crippen molar-refractivity contribution in [3.8, 4) is 5.75 Å². The zero-order valence-corrected chi connectivity index (χ0v) is 13.9. The Morgan fingerprint density at radius 1 is 1.30 bits per heavy atom. The molecule has 1 amide bonds. The molecule has 23 heavy (non-hydrogen) atoms. The fraction of sp³-hybridized carbons (Fsp3) is 0.353. The molecule has 0 saturated heterocycles. The Hall–Kier alpha value is -2.63. The van der Waals surface area contributed by atoms with Crippen LogP contribution in [0, 0.1) is 6.92 Å². The van der Waals surface area contributed by atoms with Crippen LogP contribution in [0.3, 0.4) is 0 Å². The van der Waals surface area contributed by atoms with E-state index in [0.29, 0.717) is 17.3 Å². The van der Waals surface area contributed by atoms with Crippen molar-refractivity contribution in [3.05, 3.63) is 41.9 Å². The van der Waals surface area contributed by atoms with Crippen LogP contribution in [-0.4, -0.2) is 29.0 Å². The number of hydrogen-bond acceptors (Lipinski definition) is 5. The van der Waals surface area contributed by atoms with Crippen LogP contribution in [0.25, 0.3) is 0 Å². The number of carbonyl (C=O) groups excluding carboxylic acids is 1. The zero-order valence-electron chi connectivity index (χ0n) is 13.9. The van der Waals surface area contributed by atoms with E-state index in [1.807, 2.05) is 39.0 Å². The topological polar surface area (TPSA) is 76.1 Å². The zero-order chi connectivity index (χ0) is 16.8. The summed E-state index contributed by atoms with van der Waals surface area (Å²) in [6.45, 7) is 5.97. The van der Waals surface area contributed by atoms with Crippen molar-refractivity contribution in [3.63, 3.8) is 0 Å². The lowest BCUT2D eigenvalue weighted by Gasteiger charge is -2.13. The molecule has 0 spiro atoms. The monoisotopic (exact) mass is 314 g/mol. The predicted octanol–water partition coefficient (Wildman–Crippen LogP) is 3.07. The molecule has 0 aliphatic carbocycles. The second-order valence-corrected chi connectivity index (χ2v) is 5.40. The van der Waals surface area contributed by atoms with Crippen LogP contribution in [0.5, 0.6) is 5.75 Å². The van der Waals surface area contributed by atoms with Crippen molar-refractivity contribution >= 4 is 17.4 Å². The molecule has 0 bridgehead atoms. The number of rotatable bonds is 6. The Morgan fingerprint density at radius 3 is 2.78 bits per heavy atom. The Labute approximate surface area is 136 Å². The molecule has 6 nitrogen and oxygen atoms in total. The quantitative estimate of drug-likeness (QED) is 0.857. The van der Waals surface area contributed by atoms with E-state index < -0.39 is 0 Å². The summed E-state index contributed by atoms with van der Waals surface area (Å²) >= 11 is 0. The minimum absolute atomic E-state index is 0.103. The first kappa shape index (κ1) is 16.7. The number of anilines is 2. The summed E-state index contributed by atoms with van der Waals surface area (Å²) < 4.78 is 5.33. The summed E-state index contributed by atoms with van der Waals surface area (Å²) in [5, 5.41) is 6.06. The van der Waals surface area contributed by atoms with Crippen molar-refractivity contribution in [2.75, 3.05) is 12.4 Å². The average molecular weight is 314 g/mol. The van der Waals surface area contributed by atoms with Crippen LogP contribution in [0.15, 0.2) is 30.6 Å². The Kier molecular flexibility index (Phi) is 5.51. The van der Waals surface area contributed by atoms with Gasteiger partial charge in [-0.1, -0.05) is 13.0 Å². The fourth-order valence-corrected chi connectivity index (χ4v) is 2.01. The number of aryl methyl sites for hydroxylation is 1. The van der Waals surface area contributed by atoms with Crippen LogP contribution in [0.4, 0.5) is 11.5 Å². The number of aromatic nitrogens is 2. The fourth-order valence-electron chi connectivity index (χ4n) is 2.01. The highest BCUT2D eigenvalue weighted by Gasteiger charge is 2.12. The minimum atomic E-state index is -0.207. The Bertz CT molecular complexity index is 688. The standard InChI is InChI=1S/C17H22N4O2/c1-5-12(3)20-17(22)14-9-16(19-10-18-14)21-13-8-11(2)6-7-15(13)23-4/h6-10,12H,5H2,1-4H3,(H,20,22)(H,18,19,21). The van der Waals surface area contributed by atoms with Crippen LogP contribution in [0.2, 0.25) is 0 Å². The molecular weight excluding hydrogens is 292 g/mol. The van der Waals surface area contributed by atoms with Gasteiger partial charge in [0.1, 0.15) is 23.6 Å². The second kappa shape index (κ2) is 7.58. The van der Waals surface area contributed by atoms with E-state index in [2.05, 4.69) is 20.6 Å². The van der Waals surface area contributed by atoms with Crippen LogP contribution in [0.1, 0.15) is 36.3 Å². The molecule has 1 aromatic heterocycles. The summed E-state index contributed by atoms with van der Waals surface area (Å²) in [6.07, 6.45) is 2.23. The Morgan fingerprint density at radius 2 is 2.09 bits per heavy atom. The van der Waals surface area contributed by atoms with Crippen molar-refractivity contribution in [1.29, 1.82) is 0 Å². The van der Waals surface area contributed by atoms with Gasteiger partial charge in [0.2, 0.25) is 0 Å². The van der Waals surface area contributed by atoms with E-state index in [9.17, 15) is 4.79 Å². The average Bonchev–Trinajstić information content (AvgIpc) is 2.55. The van der Waals surface area contributed by atoms with Gasteiger partial charge in [-0.05, 0) is 38.0 Å². The number of nitrogens with zero attached hydrogens (tertiary/aromatic N) is 2. The van der Waals surface area contributed by atoms with E-state index >= 15 is 0 Å². The van der Waals surface area contributed by atoms with Gasteiger partial charge >= 0.3 is 0 Å². The number of benzene rings is 1. The van der Waals surface area contributed by atoms with Gasteiger partial charge in [-0.25, -0.2) is 9.97 Å². The maximum atomic E-state index is 12.1. The van der Waals surface area contributed by atoms with Crippen LogP contribution >= 0.6 is 0 Å². The molecule has 0 aliphatic heterocycles.